The zero-order valence-electron chi connectivity index (χ0n) is 12.0. The van der Waals surface area contributed by atoms with Crippen LogP contribution in [0.3, 0.4) is 0 Å². The normalized spacial score (nSPS) is 10.4. The number of carbonyl (C=O) groups excluding carboxylic acids is 1. The van der Waals surface area contributed by atoms with Gasteiger partial charge < -0.3 is 10.1 Å². The van der Waals surface area contributed by atoms with Crippen molar-refractivity contribution in [3.8, 4) is 5.88 Å². The van der Waals surface area contributed by atoms with E-state index in [1.54, 1.807) is 30.4 Å². The van der Waals surface area contributed by atoms with Crippen molar-refractivity contribution in [2.24, 2.45) is 0 Å². The van der Waals surface area contributed by atoms with Crippen molar-refractivity contribution in [3.05, 3.63) is 54.5 Å². The smallest absolute Gasteiger partial charge is 0.334 e. The fraction of sp³-hybridized carbons (Fsp3) is 0.133. The lowest BCUT2D eigenvalue weighted by atomic mass is 10.3. The summed E-state index contributed by atoms with van der Waals surface area (Å²) in [4.78, 5) is 20.2. The quantitative estimate of drug-likeness (QED) is 0.770. The summed E-state index contributed by atoms with van der Waals surface area (Å²) >= 11 is 0. The highest BCUT2D eigenvalue weighted by Gasteiger charge is 2.05. The molecule has 2 aromatic heterocycles. The first-order valence-electron chi connectivity index (χ1n) is 6.72. The lowest BCUT2D eigenvalue weighted by Crippen LogP contribution is -2.33. The summed E-state index contributed by atoms with van der Waals surface area (Å²) in [7, 11) is 1.56. The number of para-hydroxylation sites is 2. The van der Waals surface area contributed by atoms with Crippen LogP contribution >= 0.6 is 0 Å². The van der Waals surface area contributed by atoms with Crippen molar-refractivity contribution < 1.29 is 9.53 Å². The maximum absolute atomic E-state index is 11.9. The number of urea groups is 1. The summed E-state index contributed by atoms with van der Waals surface area (Å²) in [6.07, 6.45) is 3.23. The van der Waals surface area contributed by atoms with E-state index in [4.69, 9.17) is 4.74 Å². The first-order chi connectivity index (χ1) is 10.8. The van der Waals surface area contributed by atoms with Gasteiger partial charge in [0, 0.05) is 18.8 Å². The Bertz CT molecular complexity index is 782. The van der Waals surface area contributed by atoms with Crippen LogP contribution < -0.4 is 15.5 Å². The number of hydrogen-bond donors (Lipinski definition) is 2. The minimum Gasteiger partial charge on any atom is -0.481 e. The third kappa shape index (κ3) is 2.98. The van der Waals surface area contributed by atoms with Crippen LogP contribution in [0, 0.1) is 0 Å². The van der Waals surface area contributed by atoms with E-state index in [0.717, 1.165) is 16.6 Å². The van der Waals surface area contributed by atoms with Crippen molar-refractivity contribution >= 4 is 17.1 Å². The number of carbonyl (C=O) groups is 1. The van der Waals surface area contributed by atoms with Crippen LogP contribution in [0.4, 0.5) is 4.79 Å². The van der Waals surface area contributed by atoms with E-state index >= 15 is 0 Å². The van der Waals surface area contributed by atoms with Gasteiger partial charge in [-0.3, -0.25) is 0 Å². The number of benzene rings is 1. The molecule has 0 fully saturated rings. The van der Waals surface area contributed by atoms with Gasteiger partial charge in [0.2, 0.25) is 5.88 Å². The van der Waals surface area contributed by atoms with Gasteiger partial charge in [-0.2, -0.15) is 0 Å². The van der Waals surface area contributed by atoms with Crippen LogP contribution in [-0.4, -0.2) is 27.8 Å². The molecule has 0 bridgehead atoms. The number of ether oxygens (including phenoxy) is 1. The number of rotatable bonds is 4. The number of pyridine rings is 1. The van der Waals surface area contributed by atoms with E-state index in [2.05, 4.69) is 20.7 Å². The molecule has 0 atom stereocenters. The van der Waals surface area contributed by atoms with Gasteiger partial charge >= 0.3 is 6.03 Å². The minimum atomic E-state index is -0.320. The van der Waals surface area contributed by atoms with Crippen LogP contribution in [0.15, 0.2) is 48.9 Å². The van der Waals surface area contributed by atoms with Gasteiger partial charge in [-0.15, -0.1) is 0 Å². The molecule has 2 amide bonds. The summed E-state index contributed by atoms with van der Waals surface area (Å²) in [6, 6.07) is 10.8. The molecule has 0 aliphatic heterocycles. The number of hydrogen-bond acceptors (Lipinski definition) is 4. The Kier molecular flexibility index (Phi) is 3.86. The molecule has 0 saturated carbocycles. The second-order valence-corrected chi connectivity index (χ2v) is 4.61. The van der Waals surface area contributed by atoms with Gasteiger partial charge in [0.15, 0.2) is 0 Å². The average molecular weight is 297 g/mol. The number of nitrogens with zero attached hydrogens (tertiary/aromatic N) is 3. The monoisotopic (exact) mass is 297 g/mol. The summed E-state index contributed by atoms with van der Waals surface area (Å²) < 4.78 is 6.57. The highest BCUT2D eigenvalue weighted by atomic mass is 16.5. The van der Waals surface area contributed by atoms with Gasteiger partial charge in [0.1, 0.15) is 6.33 Å². The van der Waals surface area contributed by atoms with Crippen molar-refractivity contribution in [2.45, 2.75) is 6.54 Å². The van der Waals surface area contributed by atoms with Crippen molar-refractivity contribution in [1.82, 2.24) is 20.0 Å². The van der Waals surface area contributed by atoms with Crippen LogP contribution in [0.25, 0.3) is 11.0 Å². The van der Waals surface area contributed by atoms with E-state index in [9.17, 15) is 4.79 Å². The minimum absolute atomic E-state index is 0.320. The molecule has 0 spiro atoms. The Morgan fingerprint density at radius 2 is 2.09 bits per heavy atom. The van der Waals surface area contributed by atoms with Gasteiger partial charge in [0.05, 0.1) is 18.1 Å². The second-order valence-electron chi connectivity index (χ2n) is 4.61. The fourth-order valence-electron chi connectivity index (χ4n) is 2.02. The molecule has 7 heteroatoms. The number of fused-ring (bicyclic) bond motifs is 1. The van der Waals surface area contributed by atoms with Crippen molar-refractivity contribution in [2.75, 3.05) is 12.5 Å². The molecule has 0 aliphatic carbocycles. The molecule has 3 rings (SSSR count). The molecule has 7 nitrogen and oxygen atoms in total. The molecule has 112 valence electrons. The Labute approximate surface area is 126 Å². The average Bonchev–Trinajstić information content (AvgIpc) is 2.97. The van der Waals surface area contributed by atoms with Crippen molar-refractivity contribution in [1.29, 1.82) is 0 Å². The van der Waals surface area contributed by atoms with E-state index in [-0.39, 0.29) is 6.03 Å². The molecule has 0 saturated heterocycles. The summed E-state index contributed by atoms with van der Waals surface area (Å²) in [6.45, 7) is 0.370. The lowest BCUT2D eigenvalue weighted by molar-refractivity contribution is 0.249. The highest BCUT2D eigenvalue weighted by Crippen LogP contribution is 2.10. The van der Waals surface area contributed by atoms with Crippen molar-refractivity contribution in [3.63, 3.8) is 0 Å². The van der Waals surface area contributed by atoms with E-state index in [0.29, 0.717) is 12.4 Å². The maximum atomic E-state index is 11.9. The molecule has 22 heavy (non-hydrogen) atoms. The van der Waals surface area contributed by atoms with Gasteiger partial charge in [-0.25, -0.2) is 24.9 Å². The predicted molar refractivity (Wildman–Crippen MR) is 82.1 cm³/mol. The van der Waals surface area contributed by atoms with E-state index < -0.39 is 0 Å². The maximum Gasteiger partial charge on any atom is 0.334 e. The molecule has 0 aliphatic rings. The first-order valence-corrected chi connectivity index (χ1v) is 6.72. The second kappa shape index (κ2) is 6.13. The zero-order chi connectivity index (χ0) is 15.4. The Hall–Kier alpha value is -3.09. The summed E-state index contributed by atoms with van der Waals surface area (Å²) in [5, 5.41) is 2.76. The van der Waals surface area contributed by atoms with E-state index in [1.807, 2.05) is 30.3 Å². The van der Waals surface area contributed by atoms with Crippen LogP contribution in [0.5, 0.6) is 5.88 Å². The molecular formula is C15H15N5O2. The number of imidazole rings is 1. The largest absolute Gasteiger partial charge is 0.481 e. The third-order valence-electron chi connectivity index (χ3n) is 3.14. The zero-order valence-corrected chi connectivity index (χ0v) is 12.0. The fourth-order valence-corrected chi connectivity index (χ4v) is 2.02. The Morgan fingerprint density at radius 3 is 2.86 bits per heavy atom. The summed E-state index contributed by atoms with van der Waals surface area (Å²) in [5.74, 6) is 0.540. The molecular weight excluding hydrogens is 282 g/mol. The molecule has 0 unspecified atom stereocenters. The highest BCUT2D eigenvalue weighted by molar-refractivity contribution is 5.84. The van der Waals surface area contributed by atoms with Crippen LogP contribution in [-0.2, 0) is 6.54 Å². The van der Waals surface area contributed by atoms with E-state index in [1.165, 1.54) is 0 Å². The molecule has 2 N–H and O–H groups in total. The standard InChI is InChI=1S/C15H15N5O2/c1-22-14-7-6-11(8-16-14)9-17-15(21)19-20-10-18-12-4-2-3-5-13(12)20/h2-8,10H,9H2,1H3,(H2,17,19,21). The van der Waals surface area contributed by atoms with Crippen LogP contribution in [0.2, 0.25) is 0 Å². The Morgan fingerprint density at radius 1 is 1.23 bits per heavy atom. The predicted octanol–water partition coefficient (Wildman–Crippen LogP) is 1.89. The molecule has 1 aromatic carbocycles. The number of nitrogens with one attached hydrogen (secondary N) is 2. The first kappa shape index (κ1) is 13.9. The van der Waals surface area contributed by atoms with Crippen LogP contribution in [0.1, 0.15) is 5.56 Å². The summed E-state index contributed by atoms with van der Waals surface area (Å²) in [5.41, 5.74) is 5.26. The number of amides is 2. The lowest BCUT2D eigenvalue weighted by Gasteiger charge is -2.09. The SMILES string of the molecule is COc1ccc(CNC(=O)Nn2cnc3ccccc32)cn1. The third-order valence-corrected chi connectivity index (χ3v) is 3.14. The Balaban J connectivity index is 1.60. The van der Waals surface area contributed by atoms with Gasteiger partial charge in [-0.1, -0.05) is 18.2 Å². The molecule has 2 heterocycles. The number of methoxy groups -OCH3 is 1. The van der Waals surface area contributed by atoms with Gasteiger partial charge in [-0.05, 0) is 17.7 Å². The number of aromatic nitrogens is 3. The molecule has 0 radical (unpaired) electrons. The molecule has 3 aromatic rings. The topological polar surface area (TPSA) is 81.1 Å². The van der Waals surface area contributed by atoms with Gasteiger partial charge in [0.25, 0.3) is 0 Å².